The van der Waals surface area contributed by atoms with Crippen molar-refractivity contribution in [1.82, 2.24) is 10.3 Å². The summed E-state index contributed by atoms with van der Waals surface area (Å²) in [6, 6.07) is 6.31. The Balaban J connectivity index is 1.61. The summed E-state index contributed by atoms with van der Waals surface area (Å²) in [4.78, 5) is 14.7. The summed E-state index contributed by atoms with van der Waals surface area (Å²) in [5.74, 6) is 1.10. The minimum Gasteiger partial charge on any atom is -0.441 e. The van der Waals surface area contributed by atoms with Crippen molar-refractivity contribution >= 4 is 5.69 Å². The second kappa shape index (κ2) is 7.11. The van der Waals surface area contributed by atoms with Gasteiger partial charge in [0.1, 0.15) is 0 Å². The van der Waals surface area contributed by atoms with E-state index in [9.17, 15) is 15.2 Å². The zero-order chi connectivity index (χ0) is 17.0. The van der Waals surface area contributed by atoms with Gasteiger partial charge in [-0.2, -0.15) is 0 Å². The number of oxazole rings is 1. The lowest BCUT2D eigenvalue weighted by Crippen LogP contribution is -2.46. The summed E-state index contributed by atoms with van der Waals surface area (Å²) in [6.45, 7) is 0.826. The molecule has 1 aliphatic rings. The Hall–Kier alpha value is -2.25. The lowest BCUT2D eigenvalue weighted by Gasteiger charge is -2.27. The summed E-state index contributed by atoms with van der Waals surface area (Å²) in [5, 5.41) is 23.9. The number of benzene rings is 1. The van der Waals surface area contributed by atoms with E-state index in [1.807, 2.05) is 0 Å². The monoisotopic (exact) mass is 331 g/mol. The van der Waals surface area contributed by atoms with E-state index in [-0.39, 0.29) is 17.8 Å². The number of aromatic nitrogens is 1. The van der Waals surface area contributed by atoms with Crippen molar-refractivity contribution in [3.8, 4) is 11.3 Å². The fourth-order valence-corrected chi connectivity index (χ4v) is 3.21. The van der Waals surface area contributed by atoms with Crippen LogP contribution in [0.5, 0.6) is 0 Å². The largest absolute Gasteiger partial charge is 0.441 e. The van der Waals surface area contributed by atoms with Crippen molar-refractivity contribution in [2.75, 3.05) is 13.2 Å². The average molecular weight is 331 g/mol. The van der Waals surface area contributed by atoms with Gasteiger partial charge in [-0.15, -0.1) is 0 Å². The van der Waals surface area contributed by atoms with Gasteiger partial charge in [0.2, 0.25) is 0 Å². The molecule has 0 amide bonds. The summed E-state index contributed by atoms with van der Waals surface area (Å²) >= 11 is 0. The highest BCUT2D eigenvalue weighted by Gasteiger charge is 2.32. The van der Waals surface area contributed by atoms with Gasteiger partial charge < -0.3 is 14.8 Å². The number of hydrogen-bond donors (Lipinski definition) is 2. The van der Waals surface area contributed by atoms with Crippen LogP contribution >= 0.6 is 0 Å². The highest BCUT2D eigenvalue weighted by Crippen LogP contribution is 2.29. The van der Waals surface area contributed by atoms with Crippen LogP contribution in [0, 0.1) is 10.1 Å². The number of rotatable bonds is 7. The molecule has 7 heteroatoms. The zero-order valence-electron chi connectivity index (χ0n) is 13.4. The standard InChI is InChI=1S/C17H21N3O4/c21-12-17(7-1-2-8-17)19-9-6-16-18-11-15(24-16)13-4-3-5-14(10-13)20(22)23/h3-5,10-11,19,21H,1-2,6-9,12H2. The molecule has 1 aromatic carbocycles. The zero-order valence-corrected chi connectivity index (χ0v) is 13.4. The Bertz CT molecular complexity index is 707. The van der Waals surface area contributed by atoms with Crippen molar-refractivity contribution < 1.29 is 14.4 Å². The first-order valence-corrected chi connectivity index (χ1v) is 8.17. The molecule has 1 saturated carbocycles. The predicted octanol–water partition coefficient (Wildman–Crippen LogP) is 2.69. The van der Waals surface area contributed by atoms with E-state index in [1.165, 1.54) is 12.1 Å². The molecular weight excluding hydrogens is 310 g/mol. The Kier molecular flexibility index (Phi) is 4.92. The lowest BCUT2D eigenvalue weighted by molar-refractivity contribution is -0.384. The molecule has 1 aliphatic carbocycles. The van der Waals surface area contributed by atoms with Gasteiger partial charge in [0.15, 0.2) is 11.7 Å². The number of aliphatic hydroxyl groups is 1. The van der Waals surface area contributed by atoms with Gasteiger partial charge in [0.05, 0.1) is 17.7 Å². The topological polar surface area (TPSA) is 101 Å². The normalized spacial score (nSPS) is 16.4. The molecule has 2 N–H and O–H groups in total. The Morgan fingerprint density at radius 2 is 2.17 bits per heavy atom. The highest BCUT2D eigenvalue weighted by atomic mass is 16.6. The smallest absolute Gasteiger partial charge is 0.270 e. The maximum absolute atomic E-state index is 10.8. The molecule has 0 bridgehead atoms. The molecule has 0 radical (unpaired) electrons. The first-order chi connectivity index (χ1) is 11.6. The fourth-order valence-electron chi connectivity index (χ4n) is 3.21. The van der Waals surface area contributed by atoms with Crippen LogP contribution < -0.4 is 5.32 Å². The number of aliphatic hydroxyl groups excluding tert-OH is 1. The molecule has 1 aromatic heterocycles. The van der Waals surface area contributed by atoms with E-state index >= 15 is 0 Å². The van der Waals surface area contributed by atoms with Crippen LogP contribution in [0.3, 0.4) is 0 Å². The second-order valence-electron chi connectivity index (χ2n) is 6.25. The van der Waals surface area contributed by atoms with Crippen LogP contribution in [0.25, 0.3) is 11.3 Å². The fraction of sp³-hybridized carbons (Fsp3) is 0.471. The van der Waals surface area contributed by atoms with Gasteiger partial charge in [0.25, 0.3) is 5.69 Å². The summed E-state index contributed by atoms with van der Waals surface area (Å²) in [6.07, 6.45) is 6.47. The minimum atomic E-state index is -0.430. The lowest BCUT2D eigenvalue weighted by atomic mass is 9.99. The highest BCUT2D eigenvalue weighted by molar-refractivity contribution is 5.60. The number of hydrogen-bond acceptors (Lipinski definition) is 6. The van der Waals surface area contributed by atoms with Crippen molar-refractivity contribution in [1.29, 1.82) is 0 Å². The SMILES string of the molecule is O=[N+]([O-])c1cccc(-c2cnc(CCNC3(CO)CCCC3)o2)c1. The molecular formula is C17H21N3O4. The molecule has 1 heterocycles. The maximum atomic E-state index is 10.8. The van der Waals surface area contributed by atoms with Crippen LogP contribution in [-0.4, -0.2) is 33.7 Å². The van der Waals surface area contributed by atoms with Crippen LogP contribution in [-0.2, 0) is 6.42 Å². The molecule has 24 heavy (non-hydrogen) atoms. The van der Waals surface area contributed by atoms with E-state index in [0.717, 1.165) is 25.7 Å². The number of nitrogens with one attached hydrogen (secondary N) is 1. The number of non-ortho nitro benzene ring substituents is 1. The second-order valence-corrected chi connectivity index (χ2v) is 6.25. The van der Waals surface area contributed by atoms with Gasteiger partial charge in [0, 0.05) is 36.2 Å². The van der Waals surface area contributed by atoms with Crippen molar-refractivity contribution in [2.45, 2.75) is 37.6 Å². The summed E-state index contributed by atoms with van der Waals surface area (Å²) in [7, 11) is 0. The predicted molar refractivity (Wildman–Crippen MR) is 88.6 cm³/mol. The maximum Gasteiger partial charge on any atom is 0.270 e. The van der Waals surface area contributed by atoms with Crippen LogP contribution in [0.15, 0.2) is 34.9 Å². The average Bonchev–Trinajstić information content (AvgIpc) is 3.25. The number of nitro benzene ring substituents is 1. The number of nitrogens with zero attached hydrogens (tertiary/aromatic N) is 2. The summed E-state index contributed by atoms with van der Waals surface area (Å²) in [5.41, 5.74) is 0.506. The van der Waals surface area contributed by atoms with Crippen LogP contribution in [0.1, 0.15) is 31.6 Å². The molecule has 3 rings (SSSR count). The minimum absolute atomic E-state index is 0.0261. The third-order valence-electron chi connectivity index (χ3n) is 4.60. The van der Waals surface area contributed by atoms with Gasteiger partial charge >= 0.3 is 0 Å². The summed E-state index contributed by atoms with van der Waals surface area (Å²) < 4.78 is 5.70. The molecule has 0 unspecified atom stereocenters. The van der Waals surface area contributed by atoms with E-state index in [1.54, 1.807) is 18.3 Å². The van der Waals surface area contributed by atoms with E-state index in [0.29, 0.717) is 30.2 Å². The number of nitro groups is 1. The van der Waals surface area contributed by atoms with Gasteiger partial charge in [-0.25, -0.2) is 4.98 Å². The Morgan fingerprint density at radius 3 is 2.88 bits per heavy atom. The molecule has 128 valence electrons. The van der Waals surface area contributed by atoms with E-state index in [4.69, 9.17) is 4.42 Å². The third kappa shape index (κ3) is 3.63. The Morgan fingerprint density at radius 1 is 1.38 bits per heavy atom. The quantitative estimate of drug-likeness (QED) is 0.597. The molecule has 0 atom stereocenters. The van der Waals surface area contributed by atoms with Gasteiger partial charge in [-0.3, -0.25) is 10.1 Å². The van der Waals surface area contributed by atoms with Crippen molar-refractivity contribution in [3.05, 3.63) is 46.5 Å². The van der Waals surface area contributed by atoms with Crippen molar-refractivity contribution in [3.63, 3.8) is 0 Å². The van der Waals surface area contributed by atoms with Gasteiger partial charge in [-0.05, 0) is 12.8 Å². The van der Waals surface area contributed by atoms with Crippen molar-refractivity contribution in [2.24, 2.45) is 0 Å². The van der Waals surface area contributed by atoms with E-state index in [2.05, 4.69) is 10.3 Å². The van der Waals surface area contributed by atoms with Crippen LogP contribution in [0.4, 0.5) is 5.69 Å². The molecule has 0 saturated heterocycles. The first kappa shape index (κ1) is 16.6. The molecule has 2 aromatic rings. The molecule has 0 spiro atoms. The first-order valence-electron chi connectivity index (χ1n) is 8.17. The van der Waals surface area contributed by atoms with E-state index < -0.39 is 4.92 Å². The Labute approximate surface area is 139 Å². The molecule has 7 nitrogen and oxygen atoms in total. The van der Waals surface area contributed by atoms with Crippen LogP contribution in [0.2, 0.25) is 0 Å². The van der Waals surface area contributed by atoms with Gasteiger partial charge in [-0.1, -0.05) is 25.0 Å². The third-order valence-corrected chi connectivity index (χ3v) is 4.60. The molecule has 0 aliphatic heterocycles. The molecule has 1 fully saturated rings.